The van der Waals surface area contributed by atoms with Crippen molar-refractivity contribution < 1.29 is 4.79 Å². The van der Waals surface area contributed by atoms with Crippen LogP contribution in [0.15, 0.2) is 16.6 Å². The molecule has 0 fully saturated rings. The molecule has 7 heteroatoms. The number of amides is 1. The molecule has 6 nitrogen and oxygen atoms in total. The minimum absolute atomic E-state index is 0.313. The normalized spacial score (nSPS) is 10.6. The number of nitrogen functional groups attached to an aromatic ring is 1. The topological polar surface area (TPSA) is 85.8 Å². The van der Waals surface area contributed by atoms with Gasteiger partial charge in [-0.05, 0) is 41.4 Å². The van der Waals surface area contributed by atoms with Crippen LogP contribution in [0.3, 0.4) is 0 Å². The van der Waals surface area contributed by atoms with Gasteiger partial charge >= 0.3 is 0 Å². The van der Waals surface area contributed by atoms with E-state index >= 15 is 0 Å². The van der Waals surface area contributed by atoms with Crippen LogP contribution in [-0.2, 0) is 13.5 Å². The molecule has 2 aromatic heterocycles. The van der Waals surface area contributed by atoms with Gasteiger partial charge in [-0.2, -0.15) is 5.10 Å². The highest BCUT2D eigenvalue weighted by molar-refractivity contribution is 9.10. The first-order valence-electron chi connectivity index (χ1n) is 6.19. The molecule has 0 aliphatic heterocycles. The summed E-state index contributed by atoms with van der Waals surface area (Å²) in [5, 5.41) is 6.96. The molecule has 0 bridgehead atoms. The maximum absolute atomic E-state index is 12.3. The first kappa shape index (κ1) is 14.5. The molecule has 2 heterocycles. The van der Waals surface area contributed by atoms with Gasteiger partial charge in [0, 0.05) is 11.5 Å². The van der Waals surface area contributed by atoms with Crippen LogP contribution < -0.4 is 11.1 Å². The number of rotatable bonds is 3. The lowest BCUT2D eigenvalue weighted by atomic mass is 10.2. The third-order valence-electron chi connectivity index (χ3n) is 2.97. The van der Waals surface area contributed by atoms with Gasteiger partial charge in [-0.1, -0.05) is 6.92 Å². The number of halogens is 1. The second-order valence-corrected chi connectivity index (χ2v) is 5.26. The molecule has 0 saturated heterocycles. The predicted octanol–water partition coefficient (Wildman–Crippen LogP) is 2.28. The summed E-state index contributed by atoms with van der Waals surface area (Å²) >= 11 is 3.37. The number of nitrogens with two attached hydrogens (primary N) is 1. The molecule has 0 spiro atoms. The average molecular weight is 338 g/mol. The molecular formula is C13H16BrN5O. The van der Waals surface area contributed by atoms with E-state index in [1.165, 1.54) is 4.68 Å². The summed E-state index contributed by atoms with van der Waals surface area (Å²) in [5.74, 6) is 0.167. The monoisotopic (exact) mass is 337 g/mol. The number of carbonyl (C=O) groups is 1. The molecule has 0 unspecified atom stereocenters. The molecule has 0 aromatic carbocycles. The molecule has 0 aliphatic rings. The molecule has 2 rings (SSSR count). The molecule has 20 heavy (non-hydrogen) atoms. The van der Waals surface area contributed by atoms with Crippen molar-refractivity contribution in [2.75, 3.05) is 11.1 Å². The van der Waals surface area contributed by atoms with Crippen molar-refractivity contribution in [3.63, 3.8) is 0 Å². The van der Waals surface area contributed by atoms with Crippen molar-refractivity contribution >= 4 is 33.3 Å². The Morgan fingerprint density at radius 2 is 2.20 bits per heavy atom. The molecule has 0 aliphatic carbocycles. The lowest BCUT2D eigenvalue weighted by Gasteiger charge is -2.07. The first-order chi connectivity index (χ1) is 9.43. The van der Waals surface area contributed by atoms with Gasteiger partial charge in [-0.25, -0.2) is 4.98 Å². The molecule has 0 radical (unpaired) electrons. The molecule has 0 saturated carbocycles. The van der Waals surface area contributed by atoms with Crippen molar-refractivity contribution in [3.05, 3.63) is 33.7 Å². The van der Waals surface area contributed by atoms with Crippen LogP contribution in [0.1, 0.15) is 28.8 Å². The van der Waals surface area contributed by atoms with Crippen LogP contribution in [0.5, 0.6) is 0 Å². The fourth-order valence-corrected chi connectivity index (χ4v) is 2.14. The molecule has 3 N–H and O–H groups in total. The highest BCUT2D eigenvalue weighted by atomic mass is 79.9. The number of hydrogen-bond acceptors (Lipinski definition) is 4. The van der Waals surface area contributed by atoms with E-state index in [0.29, 0.717) is 23.6 Å². The summed E-state index contributed by atoms with van der Waals surface area (Å²) in [6.45, 7) is 3.80. The van der Waals surface area contributed by atoms with Gasteiger partial charge in [0.25, 0.3) is 5.91 Å². The Morgan fingerprint density at radius 1 is 1.50 bits per heavy atom. The number of nitrogens with zero attached hydrogens (tertiary/aromatic N) is 3. The first-order valence-corrected chi connectivity index (χ1v) is 6.99. The van der Waals surface area contributed by atoms with Gasteiger partial charge in [0.05, 0.1) is 17.1 Å². The van der Waals surface area contributed by atoms with Crippen LogP contribution in [0.4, 0.5) is 11.5 Å². The van der Waals surface area contributed by atoms with E-state index in [-0.39, 0.29) is 5.91 Å². The number of carbonyl (C=O) groups excluding carboxylic acids is 1. The second kappa shape index (κ2) is 5.62. The molecule has 2 aromatic rings. The van der Waals surface area contributed by atoms with Crippen LogP contribution in [0.2, 0.25) is 0 Å². The SMILES string of the molecule is CCc1nn(C)c(C(=O)Nc2ccc(Br)c(C)n2)c1N. The Balaban J connectivity index is 2.28. The van der Waals surface area contributed by atoms with E-state index < -0.39 is 0 Å². The number of aryl methyl sites for hydroxylation is 3. The quantitative estimate of drug-likeness (QED) is 0.899. The van der Waals surface area contributed by atoms with Crippen molar-refractivity contribution in [1.29, 1.82) is 0 Å². The Bertz CT molecular complexity index is 665. The van der Waals surface area contributed by atoms with Crippen LogP contribution in [0, 0.1) is 6.92 Å². The second-order valence-electron chi connectivity index (χ2n) is 4.40. The number of pyridine rings is 1. The Kier molecular flexibility index (Phi) is 4.08. The zero-order chi connectivity index (χ0) is 14.9. The van der Waals surface area contributed by atoms with Gasteiger partial charge in [-0.3, -0.25) is 9.48 Å². The third-order valence-corrected chi connectivity index (χ3v) is 3.81. The summed E-state index contributed by atoms with van der Waals surface area (Å²) in [6.07, 6.45) is 0.683. The molecule has 106 valence electrons. The number of nitrogens with one attached hydrogen (secondary N) is 1. The fraction of sp³-hybridized carbons (Fsp3) is 0.308. The largest absolute Gasteiger partial charge is 0.395 e. The maximum Gasteiger partial charge on any atom is 0.277 e. The summed E-state index contributed by atoms with van der Waals surface area (Å²) in [7, 11) is 1.70. The van der Waals surface area contributed by atoms with Gasteiger partial charge in [0.1, 0.15) is 11.5 Å². The van der Waals surface area contributed by atoms with E-state index in [9.17, 15) is 4.79 Å². The number of aromatic nitrogens is 3. The molecule has 1 amide bonds. The minimum atomic E-state index is -0.313. The minimum Gasteiger partial charge on any atom is -0.395 e. The summed E-state index contributed by atoms with van der Waals surface area (Å²) < 4.78 is 2.39. The maximum atomic E-state index is 12.3. The van der Waals surface area contributed by atoms with E-state index in [1.54, 1.807) is 13.1 Å². The smallest absolute Gasteiger partial charge is 0.277 e. The summed E-state index contributed by atoms with van der Waals surface area (Å²) in [6, 6.07) is 3.56. The Labute approximate surface area is 125 Å². The van der Waals surface area contributed by atoms with Gasteiger partial charge in [-0.15, -0.1) is 0 Å². The lowest BCUT2D eigenvalue weighted by molar-refractivity contribution is 0.101. The standard InChI is InChI=1S/C13H16BrN5O/c1-4-9-11(15)12(19(3)18-9)13(20)17-10-6-5-8(14)7(2)16-10/h5-6H,4,15H2,1-3H3,(H,16,17,20). The van der Waals surface area contributed by atoms with E-state index in [2.05, 4.69) is 31.3 Å². The summed E-state index contributed by atoms with van der Waals surface area (Å²) in [4.78, 5) is 16.6. The van der Waals surface area contributed by atoms with Crippen molar-refractivity contribution in [2.45, 2.75) is 20.3 Å². The Morgan fingerprint density at radius 3 is 2.75 bits per heavy atom. The van der Waals surface area contributed by atoms with Crippen molar-refractivity contribution in [3.8, 4) is 0 Å². The van der Waals surface area contributed by atoms with Crippen molar-refractivity contribution in [2.24, 2.45) is 7.05 Å². The van der Waals surface area contributed by atoms with Crippen LogP contribution in [-0.4, -0.2) is 20.7 Å². The highest BCUT2D eigenvalue weighted by Crippen LogP contribution is 2.20. The van der Waals surface area contributed by atoms with E-state index in [1.807, 2.05) is 19.9 Å². The molecular weight excluding hydrogens is 322 g/mol. The van der Waals surface area contributed by atoms with Crippen LogP contribution >= 0.6 is 15.9 Å². The third kappa shape index (κ3) is 2.67. The van der Waals surface area contributed by atoms with Gasteiger partial charge < -0.3 is 11.1 Å². The zero-order valence-electron chi connectivity index (χ0n) is 11.6. The van der Waals surface area contributed by atoms with E-state index in [0.717, 1.165) is 15.9 Å². The van der Waals surface area contributed by atoms with Crippen molar-refractivity contribution in [1.82, 2.24) is 14.8 Å². The lowest BCUT2D eigenvalue weighted by Crippen LogP contribution is -2.18. The average Bonchev–Trinajstić information content (AvgIpc) is 2.68. The van der Waals surface area contributed by atoms with E-state index in [4.69, 9.17) is 5.73 Å². The van der Waals surface area contributed by atoms with Gasteiger partial charge in [0.2, 0.25) is 0 Å². The molecule has 0 atom stereocenters. The summed E-state index contributed by atoms with van der Waals surface area (Å²) in [5.41, 5.74) is 8.24. The van der Waals surface area contributed by atoms with Gasteiger partial charge in [0.15, 0.2) is 0 Å². The Hall–Kier alpha value is -1.89. The zero-order valence-corrected chi connectivity index (χ0v) is 13.2. The predicted molar refractivity (Wildman–Crippen MR) is 81.6 cm³/mol. The fourth-order valence-electron chi connectivity index (χ4n) is 1.92. The highest BCUT2D eigenvalue weighted by Gasteiger charge is 2.19. The number of anilines is 2. The number of hydrogen-bond donors (Lipinski definition) is 2. The van der Waals surface area contributed by atoms with Crippen LogP contribution in [0.25, 0.3) is 0 Å².